The zero-order valence-corrected chi connectivity index (χ0v) is 12.5. The number of halogens is 3. The summed E-state index contributed by atoms with van der Waals surface area (Å²) in [6, 6.07) is 1.20. The van der Waals surface area contributed by atoms with Gasteiger partial charge in [0.1, 0.15) is 4.91 Å². The first-order chi connectivity index (χ1) is 9.04. The smallest absolute Gasteiger partial charge is 0.207 e. The van der Waals surface area contributed by atoms with Crippen molar-refractivity contribution in [3.8, 4) is 0 Å². The molecule has 0 spiro atoms. The van der Waals surface area contributed by atoms with Crippen LogP contribution in [0.15, 0.2) is 23.2 Å². The molecule has 0 aliphatic carbocycles. The van der Waals surface area contributed by atoms with Gasteiger partial charge in [0.15, 0.2) is 21.5 Å². The summed E-state index contributed by atoms with van der Waals surface area (Å²) in [5, 5.41) is -0.359. The second-order valence-corrected chi connectivity index (χ2v) is 6.70. The molecule has 110 valence electrons. The van der Waals surface area contributed by atoms with Gasteiger partial charge in [0.05, 0.1) is 5.02 Å². The molecule has 8 heteroatoms. The number of carbonyl (C=O) groups is 1. The highest BCUT2D eigenvalue weighted by atomic mass is 35.5. The molecule has 4 nitrogen and oxygen atoms in total. The zero-order chi connectivity index (χ0) is 15.7. The van der Waals surface area contributed by atoms with Gasteiger partial charge in [-0.25, -0.2) is 17.2 Å². The number of carbonyl (C=O) groups excluding carboxylic acids is 1. The van der Waals surface area contributed by atoms with Crippen molar-refractivity contribution in [2.24, 2.45) is 0 Å². The van der Waals surface area contributed by atoms with Gasteiger partial charge in [-0.3, -0.25) is 4.79 Å². The predicted molar refractivity (Wildman–Crippen MR) is 72.3 cm³/mol. The second kappa shape index (κ2) is 5.88. The number of hydrogen-bond acceptors (Lipinski definition) is 4. The normalized spacial score (nSPS) is 12.4. The SMILES string of the molecule is CN(C)C=C(C(=O)c1cc(F)c(F)cc1Cl)S(C)(=O)=O. The largest absolute Gasteiger partial charge is 0.382 e. The molecule has 0 unspecified atom stereocenters. The highest BCUT2D eigenvalue weighted by molar-refractivity contribution is 7.95. The maximum Gasteiger partial charge on any atom is 0.207 e. The van der Waals surface area contributed by atoms with E-state index in [1.54, 1.807) is 0 Å². The molecule has 0 aliphatic rings. The Balaban J connectivity index is 3.46. The molecule has 0 saturated heterocycles. The number of rotatable bonds is 4. The third kappa shape index (κ3) is 3.77. The third-order valence-corrected chi connectivity index (χ3v) is 3.66. The fraction of sp³-hybridized carbons (Fsp3) is 0.250. The number of sulfone groups is 1. The molecule has 1 aromatic carbocycles. The highest BCUT2D eigenvalue weighted by Crippen LogP contribution is 2.24. The molecule has 0 aliphatic heterocycles. The Kier molecular flexibility index (Phi) is 4.88. The van der Waals surface area contributed by atoms with Crippen molar-refractivity contribution in [2.45, 2.75) is 0 Å². The Morgan fingerprint density at radius 3 is 2.20 bits per heavy atom. The maximum atomic E-state index is 13.2. The maximum absolute atomic E-state index is 13.2. The predicted octanol–water partition coefficient (Wildman–Crippen LogP) is 2.25. The van der Waals surface area contributed by atoms with E-state index >= 15 is 0 Å². The molecular formula is C12H12ClF2NO3S. The summed E-state index contributed by atoms with van der Waals surface area (Å²) in [4.78, 5) is 13.0. The molecule has 1 rings (SSSR count). The zero-order valence-electron chi connectivity index (χ0n) is 10.9. The van der Waals surface area contributed by atoms with Crippen LogP contribution >= 0.6 is 11.6 Å². The number of Topliss-reactive ketones (excluding diaryl/α,β-unsaturated/α-hetero) is 1. The van der Waals surface area contributed by atoms with E-state index in [1.165, 1.54) is 19.0 Å². The summed E-state index contributed by atoms with van der Waals surface area (Å²) in [6.45, 7) is 0. The minimum atomic E-state index is -3.85. The minimum Gasteiger partial charge on any atom is -0.382 e. The first-order valence-corrected chi connectivity index (χ1v) is 7.58. The van der Waals surface area contributed by atoms with Crippen LogP contribution in [-0.2, 0) is 9.84 Å². The van der Waals surface area contributed by atoms with Crippen LogP contribution in [0.1, 0.15) is 10.4 Å². The first-order valence-electron chi connectivity index (χ1n) is 5.31. The van der Waals surface area contributed by atoms with Crippen molar-refractivity contribution >= 4 is 27.2 Å². The standard InChI is InChI=1S/C12H12ClF2NO3S/c1-16(2)6-11(20(3,18)19)12(17)7-4-9(14)10(15)5-8(7)13/h4-6H,1-3H3. The van der Waals surface area contributed by atoms with Crippen LogP contribution in [0, 0.1) is 11.6 Å². The molecule has 0 fully saturated rings. The molecule has 0 bridgehead atoms. The Morgan fingerprint density at radius 2 is 1.75 bits per heavy atom. The highest BCUT2D eigenvalue weighted by Gasteiger charge is 2.25. The van der Waals surface area contributed by atoms with Gasteiger partial charge in [-0.15, -0.1) is 0 Å². The quantitative estimate of drug-likeness (QED) is 0.484. The van der Waals surface area contributed by atoms with Crippen LogP contribution in [0.3, 0.4) is 0 Å². The van der Waals surface area contributed by atoms with Crippen molar-refractivity contribution in [1.29, 1.82) is 0 Å². The summed E-state index contributed by atoms with van der Waals surface area (Å²) < 4.78 is 49.4. The van der Waals surface area contributed by atoms with Gasteiger partial charge in [0.25, 0.3) is 0 Å². The number of nitrogens with zero attached hydrogens (tertiary/aromatic N) is 1. The molecule has 0 atom stereocenters. The Bertz CT molecular complexity index is 684. The summed E-state index contributed by atoms with van der Waals surface area (Å²) in [5.74, 6) is -3.50. The lowest BCUT2D eigenvalue weighted by Crippen LogP contribution is -2.17. The lowest BCUT2D eigenvalue weighted by Gasteiger charge is -2.11. The molecule has 0 saturated carbocycles. The summed E-state index contributed by atoms with van der Waals surface area (Å²) in [5.41, 5.74) is -0.413. The number of hydrogen-bond donors (Lipinski definition) is 0. The Hall–Kier alpha value is -1.47. The van der Waals surface area contributed by atoms with E-state index in [1.807, 2.05) is 0 Å². The second-order valence-electron chi connectivity index (χ2n) is 4.30. The molecule has 0 radical (unpaired) electrons. The Morgan fingerprint density at radius 1 is 1.25 bits per heavy atom. The van der Waals surface area contributed by atoms with Gasteiger partial charge in [0.2, 0.25) is 5.78 Å². The molecule has 0 heterocycles. The number of benzene rings is 1. The molecule has 0 amide bonds. The number of allylic oxidation sites excluding steroid dienone is 1. The van der Waals surface area contributed by atoms with E-state index in [4.69, 9.17) is 11.6 Å². The molecule has 1 aromatic rings. The summed E-state index contributed by atoms with van der Waals surface area (Å²) in [7, 11) is -0.814. The van der Waals surface area contributed by atoms with Gasteiger partial charge >= 0.3 is 0 Å². The summed E-state index contributed by atoms with van der Waals surface area (Å²) >= 11 is 5.66. The molecule has 20 heavy (non-hydrogen) atoms. The van der Waals surface area contributed by atoms with E-state index in [2.05, 4.69) is 0 Å². The third-order valence-electron chi connectivity index (χ3n) is 2.25. The number of ketones is 1. The monoisotopic (exact) mass is 323 g/mol. The van der Waals surface area contributed by atoms with Crippen LogP contribution in [-0.4, -0.2) is 39.5 Å². The average Bonchev–Trinajstić information content (AvgIpc) is 2.28. The topological polar surface area (TPSA) is 54.5 Å². The van der Waals surface area contributed by atoms with Gasteiger partial charge in [-0.1, -0.05) is 11.6 Å². The van der Waals surface area contributed by atoms with Crippen molar-refractivity contribution in [3.05, 3.63) is 45.5 Å². The van der Waals surface area contributed by atoms with Gasteiger partial charge in [-0.2, -0.15) is 0 Å². The van der Waals surface area contributed by atoms with Crippen molar-refractivity contribution in [1.82, 2.24) is 4.90 Å². The van der Waals surface area contributed by atoms with Crippen molar-refractivity contribution in [2.75, 3.05) is 20.4 Å². The molecule has 0 N–H and O–H groups in total. The lowest BCUT2D eigenvalue weighted by atomic mass is 10.1. The van der Waals surface area contributed by atoms with Crippen LogP contribution in [0.25, 0.3) is 0 Å². The van der Waals surface area contributed by atoms with Crippen molar-refractivity contribution < 1.29 is 22.0 Å². The van der Waals surface area contributed by atoms with Crippen molar-refractivity contribution in [3.63, 3.8) is 0 Å². The summed E-state index contributed by atoms with van der Waals surface area (Å²) in [6.07, 6.45) is 1.92. The van der Waals surface area contributed by atoms with E-state index in [0.717, 1.165) is 12.5 Å². The minimum absolute atomic E-state index is 0.359. The first kappa shape index (κ1) is 16.6. The van der Waals surface area contributed by atoms with Gasteiger partial charge < -0.3 is 4.90 Å². The molecular weight excluding hydrogens is 312 g/mol. The fourth-order valence-corrected chi connectivity index (χ4v) is 2.47. The fourth-order valence-electron chi connectivity index (χ4n) is 1.39. The van der Waals surface area contributed by atoms with Crippen LogP contribution in [0.5, 0.6) is 0 Å². The van der Waals surface area contributed by atoms with E-state index in [0.29, 0.717) is 12.1 Å². The van der Waals surface area contributed by atoms with Gasteiger partial charge in [-0.05, 0) is 12.1 Å². The van der Waals surface area contributed by atoms with E-state index in [-0.39, 0.29) is 5.02 Å². The molecule has 0 aromatic heterocycles. The van der Waals surface area contributed by atoms with Gasteiger partial charge in [0, 0.05) is 32.1 Å². The van der Waals surface area contributed by atoms with Crippen LogP contribution < -0.4 is 0 Å². The Labute approximate surface area is 120 Å². The van der Waals surface area contributed by atoms with E-state index in [9.17, 15) is 22.0 Å². The lowest BCUT2D eigenvalue weighted by molar-refractivity contribution is 0.104. The van der Waals surface area contributed by atoms with Crippen LogP contribution in [0.2, 0.25) is 5.02 Å². The van der Waals surface area contributed by atoms with Crippen LogP contribution in [0.4, 0.5) is 8.78 Å². The average molecular weight is 324 g/mol. The van der Waals surface area contributed by atoms with E-state index < -0.39 is 37.7 Å².